The van der Waals surface area contributed by atoms with Crippen LogP contribution in [0.5, 0.6) is 0 Å². The van der Waals surface area contributed by atoms with Crippen molar-refractivity contribution in [3.8, 4) is 0 Å². The Morgan fingerprint density at radius 2 is 2.17 bits per heavy atom. The van der Waals surface area contributed by atoms with Gasteiger partial charge in [-0.1, -0.05) is 12.1 Å². The average molecular weight is 336 g/mol. The number of anilines is 1. The maximum Gasteiger partial charge on any atom is 0.265 e. The molecule has 122 valence electrons. The van der Waals surface area contributed by atoms with Crippen molar-refractivity contribution in [3.63, 3.8) is 0 Å². The number of nitrogens with zero attached hydrogens (tertiary/aromatic N) is 2. The van der Waals surface area contributed by atoms with Gasteiger partial charge in [0.1, 0.15) is 11.6 Å². The Morgan fingerprint density at radius 1 is 1.35 bits per heavy atom. The zero-order valence-electron chi connectivity index (χ0n) is 12.7. The minimum atomic E-state index is -3.72. The van der Waals surface area contributed by atoms with Crippen molar-refractivity contribution in [2.45, 2.75) is 24.8 Å². The third-order valence-electron chi connectivity index (χ3n) is 3.69. The zero-order valence-corrected chi connectivity index (χ0v) is 13.5. The van der Waals surface area contributed by atoms with Gasteiger partial charge < -0.3 is 4.74 Å². The van der Waals surface area contributed by atoms with Crippen molar-refractivity contribution in [1.82, 2.24) is 4.98 Å². The molecule has 0 fully saturated rings. The summed E-state index contributed by atoms with van der Waals surface area (Å²) in [5, 5.41) is 0. The third kappa shape index (κ3) is 3.07. The maximum absolute atomic E-state index is 13.2. The molecule has 1 aromatic carbocycles. The van der Waals surface area contributed by atoms with E-state index in [1.807, 2.05) is 13.0 Å². The third-order valence-corrected chi connectivity index (χ3v) is 5.47. The predicted octanol–water partition coefficient (Wildman–Crippen LogP) is 2.51. The number of ether oxygens (including phenoxy) is 1. The average Bonchev–Trinajstić information content (AvgIpc) is 2.97. The fourth-order valence-electron chi connectivity index (χ4n) is 2.59. The number of fused-ring (bicyclic) bond motifs is 1. The number of sulfonamides is 1. The fourth-order valence-corrected chi connectivity index (χ4v) is 4.12. The lowest BCUT2D eigenvalue weighted by Crippen LogP contribution is -2.29. The molecule has 1 aliphatic heterocycles. The van der Waals surface area contributed by atoms with E-state index >= 15 is 0 Å². The number of hydrogen-bond acceptors (Lipinski definition) is 4. The van der Waals surface area contributed by atoms with Crippen LogP contribution in [0.2, 0.25) is 0 Å². The Morgan fingerprint density at radius 3 is 2.96 bits per heavy atom. The van der Waals surface area contributed by atoms with Crippen LogP contribution in [0.1, 0.15) is 18.1 Å². The van der Waals surface area contributed by atoms with Gasteiger partial charge >= 0.3 is 0 Å². The van der Waals surface area contributed by atoms with Crippen molar-refractivity contribution in [2.24, 2.45) is 0 Å². The highest BCUT2D eigenvalue weighted by Gasteiger charge is 2.32. The summed E-state index contributed by atoms with van der Waals surface area (Å²) in [6.07, 6.45) is 1.50. The molecule has 0 aliphatic carbocycles. The van der Waals surface area contributed by atoms with E-state index in [2.05, 4.69) is 4.98 Å². The van der Waals surface area contributed by atoms with Crippen LogP contribution >= 0.6 is 0 Å². The molecule has 0 amide bonds. The van der Waals surface area contributed by atoms with E-state index in [0.29, 0.717) is 31.0 Å². The first-order valence-corrected chi connectivity index (χ1v) is 8.80. The van der Waals surface area contributed by atoms with E-state index < -0.39 is 15.8 Å². The molecule has 23 heavy (non-hydrogen) atoms. The van der Waals surface area contributed by atoms with Gasteiger partial charge in [0.2, 0.25) is 0 Å². The lowest BCUT2D eigenvalue weighted by atomic mass is 10.2. The summed E-state index contributed by atoms with van der Waals surface area (Å²) in [5.74, 6) is -0.150. The summed E-state index contributed by atoms with van der Waals surface area (Å²) in [6, 6.07) is 8.00. The lowest BCUT2D eigenvalue weighted by molar-refractivity contribution is 0.134. The first-order valence-electron chi connectivity index (χ1n) is 7.36. The molecule has 2 heterocycles. The van der Waals surface area contributed by atoms with Crippen LogP contribution in [0.25, 0.3) is 0 Å². The predicted molar refractivity (Wildman–Crippen MR) is 84.2 cm³/mol. The molecule has 3 rings (SSSR count). The SMILES string of the molecule is CCOCc1cccc(S(=O)(=O)N2CCc3cc(F)cnc32)c1. The fraction of sp³-hybridized carbons (Fsp3) is 0.312. The number of benzene rings is 1. The molecule has 0 atom stereocenters. The highest BCUT2D eigenvalue weighted by Crippen LogP contribution is 2.31. The molecule has 0 saturated carbocycles. The molecule has 0 radical (unpaired) electrons. The number of rotatable bonds is 5. The van der Waals surface area contributed by atoms with Gasteiger partial charge in [0.05, 0.1) is 17.7 Å². The van der Waals surface area contributed by atoms with Gasteiger partial charge in [-0.15, -0.1) is 0 Å². The van der Waals surface area contributed by atoms with Crippen LogP contribution in [-0.4, -0.2) is 26.6 Å². The monoisotopic (exact) mass is 336 g/mol. The molecule has 0 unspecified atom stereocenters. The molecular weight excluding hydrogens is 319 g/mol. The van der Waals surface area contributed by atoms with E-state index in [1.54, 1.807) is 18.2 Å². The second-order valence-electron chi connectivity index (χ2n) is 5.25. The first kappa shape index (κ1) is 15.9. The summed E-state index contributed by atoms with van der Waals surface area (Å²) in [4.78, 5) is 4.14. The van der Waals surface area contributed by atoms with Crippen molar-refractivity contribution >= 4 is 15.8 Å². The Bertz CT molecular complexity index is 824. The van der Waals surface area contributed by atoms with Crippen molar-refractivity contribution in [1.29, 1.82) is 0 Å². The van der Waals surface area contributed by atoms with E-state index in [1.165, 1.54) is 10.4 Å². The van der Waals surface area contributed by atoms with E-state index in [0.717, 1.165) is 11.8 Å². The molecule has 1 aromatic heterocycles. The summed E-state index contributed by atoms with van der Waals surface area (Å²) in [7, 11) is -3.72. The van der Waals surface area contributed by atoms with Gasteiger partial charge in [-0.3, -0.25) is 0 Å². The molecule has 0 N–H and O–H groups in total. The molecule has 0 saturated heterocycles. The van der Waals surface area contributed by atoms with Crippen LogP contribution in [0, 0.1) is 5.82 Å². The van der Waals surface area contributed by atoms with Gasteiger partial charge in [0, 0.05) is 18.7 Å². The Balaban J connectivity index is 1.94. The van der Waals surface area contributed by atoms with Gasteiger partial charge in [-0.05, 0) is 37.1 Å². The van der Waals surface area contributed by atoms with Gasteiger partial charge in [0.25, 0.3) is 10.0 Å². The van der Waals surface area contributed by atoms with Crippen LogP contribution < -0.4 is 4.31 Å². The van der Waals surface area contributed by atoms with E-state index in [9.17, 15) is 12.8 Å². The topological polar surface area (TPSA) is 59.5 Å². The Labute approximate surface area is 134 Å². The first-order chi connectivity index (χ1) is 11.0. The smallest absolute Gasteiger partial charge is 0.265 e. The van der Waals surface area contributed by atoms with Crippen LogP contribution in [0.15, 0.2) is 41.4 Å². The molecule has 7 heteroatoms. The lowest BCUT2D eigenvalue weighted by Gasteiger charge is -2.19. The Hall–Kier alpha value is -1.99. The van der Waals surface area contributed by atoms with Gasteiger partial charge in [-0.25, -0.2) is 22.1 Å². The quantitative estimate of drug-likeness (QED) is 0.842. The van der Waals surface area contributed by atoms with Crippen LogP contribution in [-0.2, 0) is 27.8 Å². The van der Waals surface area contributed by atoms with Gasteiger partial charge in [0.15, 0.2) is 0 Å². The normalized spacial score (nSPS) is 14.1. The molecule has 2 aromatic rings. The number of pyridine rings is 1. The summed E-state index contributed by atoms with van der Waals surface area (Å²) in [5.41, 5.74) is 1.40. The minimum absolute atomic E-state index is 0.189. The standard InChI is InChI=1S/C16H17FN2O3S/c1-2-22-11-12-4-3-5-15(8-12)23(20,21)19-7-6-13-9-14(17)10-18-16(13)19/h3-5,8-10H,2,6-7,11H2,1H3. The van der Waals surface area contributed by atoms with Crippen LogP contribution in [0.4, 0.5) is 10.2 Å². The van der Waals surface area contributed by atoms with E-state index in [4.69, 9.17) is 4.74 Å². The summed E-state index contributed by atoms with van der Waals surface area (Å²) < 4.78 is 45.5. The highest BCUT2D eigenvalue weighted by molar-refractivity contribution is 7.92. The molecule has 1 aliphatic rings. The van der Waals surface area contributed by atoms with Gasteiger partial charge in [-0.2, -0.15) is 0 Å². The Kier molecular flexibility index (Phi) is 4.32. The second-order valence-corrected chi connectivity index (χ2v) is 7.11. The number of halogens is 1. The van der Waals surface area contributed by atoms with Crippen molar-refractivity contribution in [3.05, 3.63) is 53.5 Å². The van der Waals surface area contributed by atoms with E-state index in [-0.39, 0.29) is 11.4 Å². The molecule has 0 spiro atoms. The van der Waals surface area contributed by atoms with Crippen molar-refractivity contribution < 1.29 is 17.5 Å². The summed E-state index contributed by atoms with van der Waals surface area (Å²) >= 11 is 0. The van der Waals surface area contributed by atoms with Crippen LogP contribution in [0.3, 0.4) is 0 Å². The molecular formula is C16H17FN2O3S. The number of hydrogen-bond donors (Lipinski definition) is 0. The zero-order chi connectivity index (χ0) is 16.4. The number of aromatic nitrogens is 1. The largest absolute Gasteiger partial charge is 0.377 e. The second kappa shape index (κ2) is 6.25. The minimum Gasteiger partial charge on any atom is -0.377 e. The summed E-state index contributed by atoms with van der Waals surface area (Å²) in [6.45, 7) is 3.07. The maximum atomic E-state index is 13.2. The van der Waals surface area contributed by atoms with Crippen molar-refractivity contribution in [2.75, 3.05) is 17.5 Å². The molecule has 5 nitrogen and oxygen atoms in total. The highest BCUT2D eigenvalue weighted by atomic mass is 32.2. The molecule has 0 bridgehead atoms.